The van der Waals surface area contributed by atoms with E-state index in [1.165, 1.54) is 5.56 Å². The van der Waals surface area contributed by atoms with E-state index in [1.807, 2.05) is 18.2 Å². The SMILES string of the molecule is C=C(Br)CCOCc1ccccc1. The van der Waals surface area contributed by atoms with Gasteiger partial charge in [0, 0.05) is 6.42 Å². The number of benzene rings is 1. The van der Waals surface area contributed by atoms with Crippen molar-refractivity contribution in [3.05, 3.63) is 47.0 Å². The summed E-state index contributed by atoms with van der Waals surface area (Å²) in [4.78, 5) is 0. The first-order chi connectivity index (χ1) is 6.29. The molecule has 0 saturated heterocycles. The molecule has 13 heavy (non-hydrogen) atoms. The van der Waals surface area contributed by atoms with Gasteiger partial charge in [0.05, 0.1) is 13.2 Å². The monoisotopic (exact) mass is 240 g/mol. The fraction of sp³-hybridized carbons (Fsp3) is 0.273. The number of halogens is 1. The summed E-state index contributed by atoms with van der Waals surface area (Å²) in [6.07, 6.45) is 0.868. The second kappa shape index (κ2) is 5.95. The molecular formula is C11H13BrO. The van der Waals surface area contributed by atoms with Gasteiger partial charge in [0.1, 0.15) is 0 Å². The lowest BCUT2D eigenvalue weighted by molar-refractivity contribution is 0.125. The zero-order valence-corrected chi connectivity index (χ0v) is 9.09. The highest BCUT2D eigenvalue weighted by molar-refractivity contribution is 9.11. The van der Waals surface area contributed by atoms with Crippen molar-refractivity contribution in [2.45, 2.75) is 13.0 Å². The van der Waals surface area contributed by atoms with Crippen LogP contribution in [-0.4, -0.2) is 6.61 Å². The molecule has 0 aliphatic heterocycles. The van der Waals surface area contributed by atoms with Crippen LogP contribution < -0.4 is 0 Å². The summed E-state index contributed by atoms with van der Waals surface area (Å²) in [6, 6.07) is 10.2. The third kappa shape index (κ3) is 4.86. The zero-order chi connectivity index (χ0) is 9.52. The van der Waals surface area contributed by atoms with Gasteiger partial charge >= 0.3 is 0 Å². The molecule has 0 unspecified atom stereocenters. The highest BCUT2D eigenvalue weighted by Crippen LogP contribution is 2.07. The molecular weight excluding hydrogens is 228 g/mol. The van der Waals surface area contributed by atoms with Crippen LogP contribution in [0.2, 0.25) is 0 Å². The molecule has 0 amide bonds. The smallest absolute Gasteiger partial charge is 0.0717 e. The van der Waals surface area contributed by atoms with Crippen LogP contribution in [0, 0.1) is 0 Å². The van der Waals surface area contributed by atoms with E-state index in [9.17, 15) is 0 Å². The average Bonchev–Trinajstić information content (AvgIpc) is 2.14. The number of hydrogen-bond acceptors (Lipinski definition) is 1. The lowest BCUT2D eigenvalue weighted by Gasteiger charge is -2.02. The molecule has 0 bridgehead atoms. The Bertz CT molecular complexity index is 256. The quantitative estimate of drug-likeness (QED) is 0.717. The lowest BCUT2D eigenvalue weighted by atomic mass is 10.2. The van der Waals surface area contributed by atoms with Gasteiger partial charge in [0.25, 0.3) is 0 Å². The van der Waals surface area contributed by atoms with Crippen LogP contribution in [0.15, 0.2) is 41.4 Å². The summed E-state index contributed by atoms with van der Waals surface area (Å²) >= 11 is 3.29. The molecule has 0 heterocycles. The van der Waals surface area contributed by atoms with Crippen molar-refractivity contribution in [2.75, 3.05) is 6.61 Å². The van der Waals surface area contributed by atoms with E-state index < -0.39 is 0 Å². The van der Waals surface area contributed by atoms with Crippen molar-refractivity contribution in [3.63, 3.8) is 0 Å². The van der Waals surface area contributed by atoms with Crippen molar-refractivity contribution in [1.29, 1.82) is 0 Å². The van der Waals surface area contributed by atoms with Crippen LogP contribution in [-0.2, 0) is 11.3 Å². The van der Waals surface area contributed by atoms with E-state index in [1.54, 1.807) is 0 Å². The number of ether oxygens (including phenoxy) is 1. The Morgan fingerprint density at radius 1 is 1.31 bits per heavy atom. The Morgan fingerprint density at radius 3 is 2.62 bits per heavy atom. The van der Waals surface area contributed by atoms with Crippen molar-refractivity contribution < 1.29 is 4.74 Å². The Kier molecular flexibility index (Phi) is 4.79. The highest BCUT2D eigenvalue weighted by Gasteiger charge is 1.92. The normalized spacial score (nSPS) is 9.92. The fourth-order valence-corrected chi connectivity index (χ4v) is 1.11. The van der Waals surface area contributed by atoms with Crippen LogP contribution in [0.4, 0.5) is 0 Å². The van der Waals surface area contributed by atoms with E-state index in [-0.39, 0.29) is 0 Å². The van der Waals surface area contributed by atoms with Crippen LogP contribution >= 0.6 is 15.9 Å². The van der Waals surface area contributed by atoms with Gasteiger partial charge in [-0.15, -0.1) is 0 Å². The fourth-order valence-electron chi connectivity index (χ4n) is 0.947. The molecule has 0 fully saturated rings. The summed E-state index contributed by atoms with van der Waals surface area (Å²) in [5.74, 6) is 0. The molecule has 0 saturated carbocycles. The summed E-state index contributed by atoms with van der Waals surface area (Å²) in [6.45, 7) is 5.14. The molecule has 0 N–H and O–H groups in total. The summed E-state index contributed by atoms with van der Waals surface area (Å²) in [5, 5.41) is 0. The maximum Gasteiger partial charge on any atom is 0.0717 e. The molecule has 1 aromatic rings. The molecule has 1 nitrogen and oxygen atoms in total. The van der Waals surface area contributed by atoms with Gasteiger partial charge in [-0.05, 0) is 10.0 Å². The van der Waals surface area contributed by atoms with Gasteiger partial charge in [0.15, 0.2) is 0 Å². The summed E-state index contributed by atoms with van der Waals surface area (Å²) in [5.41, 5.74) is 1.21. The van der Waals surface area contributed by atoms with Crippen LogP contribution in [0.25, 0.3) is 0 Å². The van der Waals surface area contributed by atoms with Crippen molar-refractivity contribution in [1.82, 2.24) is 0 Å². The van der Waals surface area contributed by atoms with Crippen molar-refractivity contribution in [2.24, 2.45) is 0 Å². The first-order valence-corrected chi connectivity index (χ1v) is 5.03. The Hall–Kier alpha value is -0.600. The minimum absolute atomic E-state index is 0.682. The largest absolute Gasteiger partial charge is 0.376 e. The zero-order valence-electron chi connectivity index (χ0n) is 7.50. The molecule has 0 spiro atoms. The molecule has 2 heteroatoms. The van der Waals surface area contributed by atoms with Crippen LogP contribution in [0.3, 0.4) is 0 Å². The molecule has 0 atom stereocenters. The Morgan fingerprint density at radius 2 is 2.00 bits per heavy atom. The predicted molar refractivity (Wildman–Crippen MR) is 58.8 cm³/mol. The molecule has 0 radical (unpaired) electrons. The molecule has 0 aromatic heterocycles. The molecule has 1 aromatic carbocycles. The summed E-state index contributed by atoms with van der Waals surface area (Å²) < 4.78 is 6.43. The number of hydrogen-bond donors (Lipinski definition) is 0. The van der Waals surface area contributed by atoms with Gasteiger partial charge in [-0.1, -0.05) is 52.8 Å². The highest BCUT2D eigenvalue weighted by atomic mass is 79.9. The first-order valence-electron chi connectivity index (χ1n) is 4.24. The van der Waals surface area contributed by atoms with E-state index in [0.717, 1.165) is 17.5 Å². The van der Waals surface area contributed by atoms with Gasteiger partial charge in [-0.25, -0.2) is 0 Å². The van der Waals surface area contributed by atoms with E-state index >= 15 is 0 Å². The van der Waals surface area contributed by atoms with E-state index in [0.29, 0.717) is 6.61 Å². The second-order valence-electron chi connectivity index (χ2n) is 2.81. The maximum atomic E-state index is 5.44. The third-order valence-electron chi connectivity index (χ3n) is 1.63. The van der Waals surface area contributed by atoms with E-state index in [2.05, 4.69) is 34.6 Å². The van der Waals surface area contributed by atoms with E-state index in [4.69, 9.17) is 4.74 Å². The Balaban J connectivity index is 2.17. The van der Waals surface area contributed by atoms with Crippen LogP contribution in [0.1, 0.15) is 12.0 Å². The van der Waals surface area contributed by atoms with Gasteiger partial charge < -0.3 is 4.74 Å². The molecule has 0 aliphatic rings. The van der Waals surface area contributed by atoms with Crippen molar-refractivity contribution >= 4 is 15.9 Å². The lowest BCUT2D eigenvalue weighted by Crippen LogP contribution is -1.94. The van der Waals surface area contributed by atoms with Gasteiger partial charge in [0.2, 0.25) is 0 Å². The van der Waals surface area contributed by atoms with Crippen LogP contribution in [0.5, 0.6) is 0 Å². The second-order valence-corrected chi connectivity index (χ2v) is 3.93. The van der Waals surface area contributed by atoms with Gasteiger partial charge in [-0.2, -0.15) is 0 Å². The minimum Gasteiger partial charge on any atom is -0.376 e. The predicted octanol–water partition coefficient (Wildman–Crippen LogP) is 3.50. The molecule has 0 aliphatic carbocycles. The standard InChI is InChI=1S/C11H13BrO/c1-10(12)7-8-13-9-11-5-3-2-4-6-11/h2-6H,1,7-9H2. The van der Waals surface area contributed by atoms with Crippen molar-refractivity contribution in [3.8, 4) is 0 Å². The first kappa shape index (κ1) is 10.5. The molecule has 1 rings (SSSR count). The average molecular weight is 241 g/mol. The molecule has 70 valence electrons. The maximum absolute atomic E-state index is 5.44. The minimum atomic E-state index is 0.682. The Labute approximate surface area is 87.5 Å². The number of rotatable bonds is 5. The third-order valence-corrected chi connectivity index (χ3v) is 2.03. The topological polar surface area (TPSA) is 9.23 Å². The summed E-state index contributed by atoms with van der Waals surface area (Å²) in [7, 11) is 0. The van der Waals surface area contributed by atoms with Gasteiger partial charge in [-0.3, -0.25) is 0 Å².